The van der Waals surface area contributed by atoms with E-state index < -0.39 is 46.1 Å². The minimum atomic E-state index is -5.28. The number of phenolic OH excluding ortho intramolecular Hbond substituents is 1. The molecule has 3 rings (SSSR count). The van der Waals surface area contributed by atoms with Gasteiger partial charge in [-0.2, -0.15) is 9.35 Å². The Labute approximate surface area is 203 Å². The van der Waals surface area contributed by atoms with Crippen LogP contribution in [0.25, 0.3) is 0 Å². The number of benzene rings is 1. The summed E-state index contributed by atoms with van der Waals surface area (Å²) in [6, 6.07) is -1.27. The maximum atomic E-state index is 12.4. The molecule has 15 heteroatoms. The van der Waals surface area contributed by atoms with E-state index in [-0.39, 0.29) is 82.5 Å². The van der Waals surface area contributed by atoms with Crippen LogP contribution in [0.1, 0.15) is 30.1 Å². The summed E-state index contributed by atoms with van der Waals surface area (Å²) in [4.78, 5) is 24.5. The number of nitrogens with zero attached hydrogens (tertiary/aromatic N) is 2. The number of phenols is 1. The molecule has 12 nitrogen and oxygen atoms in total. The zero-order chi connectivity index (χ0) is 19.4. The molecule has 0 spiro atoms. The van der Waals surface area contributed by atoms with Crippen molar-refractivity contribution in [1.29, 1.82) is 5.41 Å². The van der Waals surface area contributed by atoms with E-state index in [9.17, 15) is 32.8 Å². The van der Waals surface area contributed by atoms with Crippen LogP contribution in [0.15, 0.2) is 12.1 Å². The number of amides is 3. The number of fused-ring (bicyclic) bond motifs is 4. The molecule has 0 aromatic heterocycles. The summed E-state index contributed by atoms with van der Waals surface area (Å²) in [5, 5.41) is 31.9. The fourth-order valence-corrected chi connectivity index (χ4v) is 3.47. The SMILES string of the molecule is CC(=O)Nc1cc2c(cc1O)[C@@H]1CN(C(=O)N1OS(=O)(=O)[O-])[C@H]2C(=N)[O-].[Na+].[Na+]. The fraction of sp³-hybridized carbons (Fsp3) is 0.308. The largest absolute Gasteiger partial charge is 1.00 e. The van der Waals surface area contributed by atoms with Gasteiger partial charge in [0.05, 0.1) is 18.3 Å². The number of carbonyl (C=O) groups excluding carboxylic acids is 2. The van der Waals surface area contributed by atoms with Crippen molar-refractivity contribution >= 4 is 33.9 Å². The first kappa shape index (κ1) is 25.1. The van der Waals surface area contributed by atoms with E-state index in [2.05, 4.69) is 9.60 Å². The second-order valence-corrected chi connectivity index (χ2v) is 6.67. The van der Waals surface area contributed by atoms with Gasteiger partial charge in [0, 0.05) is 6.92 Å². The summed E-state index contributed by atoms with van der Waals surface area (Å²) >= 11 is 0. The second-order valence-electron chi connectivity index (χ2n) is 5.71. The minimum Gasteiger partial charge on any atom is -0.860 e. The molecule has 3 amide bonds. The van der Waals surface area contributed by atoms with Gasteiger partial charge in [-0.05, 0) is 29.2 Å². The Morgan fingerprint density at radius 3 is 2.46 bits per heavy atom. The summed E-state index contributed by atoms with van der Waals surface area (Å²) in [7, 11) is -5.28. The molecule has 0 saturated carbocycles. The monoisotopic (exact) mass is 430 g/mol. The van der Waals surface area contributed by atoms with Crippen LogP contribution in [0.5, 0.6) is 5.75 Å². The number of hydroxylamine groups is 2. The molecule has 2 aliphatic heterocycles. The first-order valence-corrected chi connectivity index (χ1v) is 8.48. The van der Waals surface area contributed by atoms with E-state index in [0.717, 1.165) is 11.0 Å². The summed E-state index contributed by atoms with van der Waals surface area (Å²) < 4.78 is 36.9. The molecule has 2 atom stereocenters. The quantitative estimate of drug-likeness (QED) is 0.105. The summed E-state index contributed by atoms with van der Waals surface area (Å²) in [5.41, 5.74) is 0.167. The summed E-state index contributed by atoms with van der Waals surface area (Å²) in [6.45, 7) is 0.965. The maximum Gasteiger partial charge on any atom is 1.00 e. The Kier molecular flexibility index (Phi) is 7.95. The molecule has 1 saturated heterocycles. The predicted molar refractivity (Wildman–Crippen MR) is 80.3 cm³/mol. The summed E-state index contributed by atoms with van der Waals surface area (Å²) in [5.74, 6) is -2.09. The topological polar surface area (TPSA) is 186 Å². The third-order valence-corrected chi connectivity index (χ3v) is 4.33. The van der Waals surface area contributed by atoms with Crippen molar-refractivity contribution in [1.82, 2.24) is 9.96 Å². The van der Waals surface area contributed by atoms with E-state index in [0.29, 0.717) is 5.06 Å². The number of carbonyl (C=O) groups is 2. The Bertz CT molecular complexity index is 941. The van der Waals surface area contributed by atoms with Crippen LogP contribution in [-0.4, -0.2) is 52.4 Å². The van der Waals surface area contributed by atoms with Gasteiger partial charge in [-0.3, -0.25) is 4.79 Å². The number of rotatable bonds is 4. The van der Waals surface area contributed by atoms with E-state index in [4.69, 9.17) is 5.41 Å². The third-order valence-electron chi connectivity index (χ3n) is 3.98. The van der Waals surface area contributed by atoms with Crippen molar-refractivity contribution in [3.05, 3.63) is 23.3 Å². The average molecular weight is 430 g/mol. The molecule has 1 aromatic carbocycles. The number of hydrogen-bond acceptors (Lipinski definition) is 9. The van der Waals surface area contributed by atoms with Crippen LogP contribution in [0.3, 0.4) is 0 Å². The Hall–Kier alpha value is -0.900. The van der Waals surface area contributed by atoms with Crippen molar-refractivity contribution in [3.63, 3.8) is 0 Å². The number of aromatic hydroxyl groups is 1. The van der Waals surface area contributed by atoms with Crippen LogP contribution in [-0.2, 0) is 19.5 Å². The molecule has 1 fully saturated rings. The molecular weight excluding hydrogens is 418 g/mol. The van der Waals surface area contributed by atoms with Gasteiger partial charge in [-0.15, -0.1) is 0 Å². The molecule has 1 aromatic rings. The molecule has 0 radical (unpaired) electrons. The standard InChI is InChI=1S/C13H14N4O8S.2Na/c1-5(18)15-8-2-7-6(3-10(8)19)9-4-16(11(7)12(14)20)13(21)17(9)25-26(22,23)24;;/h2-3,9,11,19H,4H2,1H3,(H2,14,20)(H,15,18)(H,22,23,24);;/q;2*+1/p-2/t9-,11+;;/m0../s1. The Balaban J connectivity index is 0.00000196. The van der Waals surface area contributed by atoms with Gasteiger partial charge in [0.2, 0.25) is 16.3 Å². The van der Waals surface area contributed by atoms with E-state index >= 15 is 0 Å². The molecule has 0 aliphatic carbocycles. The van der Waals surface area contributed by atoms with Gasteiger partial charge >= 0.3 is 65.1 Å². The van der Waals surface area contributed by atoms with E-state index in [1.165, 1.54) is 13.0 Å². The van der Waals surface area contributed by atoms with Gasteiger partial charge in [0.25, 0.3) is 0 Å². The van der Waals surface area contributed by atoms with E-state index in [1.54, 1.807) is 0 Å². The first-order chi connectivity index (χ1) is 12.0. The van der Waals surface area contributed by atoms with Crippen molar-refractivity contribution in [3.8, 4) is 5.75 Å². The number of nitrogens with one attached hydrogen (secondary N) is 2. The zero-order valence-corrected chi connectivity index (χ0v) is 19.9. The van der Waals surface area contributed by atoms with E-state index in [1.807, 2.05) is 0 Å². The van der Waals surface area contributed by atoms with Crippen molar-refractivity contribution in [2.45, 2.75) is 19.0 Å². The van der Waals surface area contributed by atoms with Crippen LogP contribution in [0.2, 0.25) is 0 Å². The molecule has 2 aliphatic rings. The molecule has 28 heavy (non-hydrogen) atoms. The minimum absolute atomic E-state index is 0. The van der Waals surface area contributed by atoms with Crippen molar-refractivity contribution in [2.75, 3.05) is 11.9 Å². The number of hydrogen-bond donors (Lipinski definition) is 3. The van der Waals surface area contributed by atoms with Gasteiger partial charge in [0.1, 0.15) is 11.8 Å². The molecular formula is C13H12N4Na2O8S. The third kappa shape index (κ3) is 4.63. The predicted octanol–water partition coefficient (Wildman–Crippen LogP) is -7.08. The normalized spacial score (nSPS) is 20.0. The maximum absolute atomic E-state index is 12.4. The van der Waals surface area contributed by atoms with Crippen LogP contribution < -0.4 is 69.5 Å². The fourth-order valence-electron chi connectivity index (χ4n) is 3.11. The number of anilines is 1. The molecule has 140 valence electrons. The molecule has 0 unspecified atom stereocenters. The van der Waals surface area contributed by atoms with Gasteiger partial charge in [-0.25, -0.2) is 13.2 Å². The van der Waals surface area contributed by atoms with Crippen LogP contribution in [0.4, 0.5) is 10.5 Å². The zero-order valence-electron chi connectivity index (χ0n) is 15.1. The molecule has 2 bridgehead atoms. The molecule has 2 heterocycles. The Morgan fingerprint density at radius 1 is 1.36 bits per heavy atom. The average Bonchev–Trinajstić information content (AvgIpc) is 2.74. The van der Waals surface area contributed by atoms with Gasteiger partial charge in [-0.1, -0.05) is 0 Å². The smallest absolute Gasteiger partial charge is 0.860 e. The number of urea groups is 1. The summed E-state index contributed by atoms with van der Waals surface area (Å²) in [6.07, 6.45) is 0. The molecule has 3 N–H and O–H groups in total. The van der Waals surface area contributed by atoms with Crippen LogP contribution >= 0.6 is 0 Å². The van der Waals surface area contributed by atoms with Crippen molar-refractivity contribution in [2.24, 2.45) is 0 Å². The van der Waals surface area contributed by atoms with Crippen LogP contribution in [0, 0.1) is 5.41 Å². The van der Waals surface area contributed by atoms with Gasteiger partial charge in [0.15, 0.2) is 0 Å². The van der Waals surface area contributed by atoms with Gasteiger partial charge < -0.3 is 30.4 Å². The second kappa shape index (κ2) is 8.85. The van der Waals surface area contributed by atoms with Crippen molar-refractivity contribution < 1.29 is 96.2 Å². The Morgan fingerprint density at radius 2 is 1.96 bits per heavy atom. The first-order valence-electron chi connectivity index (χ1n) is 7.14.